The van der Waals surface area contributed by atoms with E-state index >= 15 is 0 Å². The van der Waals surface area contributed by atoms with E-state index in [1.165, 1.54) is 11.1 Å². The summed E-state index contributed by atoms with van der Waals surface area (Å²) >= 11 is 0. The first-order chi connectivity index (χ1) is 13.1. The molecule has 3 rings (SSSR count). The van der Waals surface area contributed by atoms with Crippen LogP contribution in [0.15, 0.2) is 24.3 Å². The van der Waals surface area contributed by atoms with Crippen molar-refractivity contribution in [1.29, 1.82) is 0 Å². The Morgan fingerprint density at radius 1 is 0.852 bits per heavy atom. The van der Waals surface area contributed by atoms with E-state index in [0.29, 0.717) is 39.0 Å². The fourth-order valence-corrected chi connectivity index (χ4v) is 3.61. The Hall–Kier alpha value is -1.92. The molecule has 0 bridgehead atoms. The summed E-state index contributed by atoms with van der Waals surface area (Å²) in [5, 5.41) is 0. The quantitative estimate of drug-likeness (QED) is 0.755. The van der Waals surface area contributed by atoms with E-state index in [4.69, 9.17) is 4.74 Å². The molecule has 0 N–H and O–H groups in total. The number of hydrogen-bond donors (Lipinski definition) is 0. The fraction of sp³-hybridized carbons (Fsp3) is 0.619. The predicted octanol–water partition coefficient (Wildman–Crippen LogP) is 1.32. The largest absolute Gasteiger partial charge is 0.379 e. The summed E-state index contributed by atoms with van der Waals surface area (Å²) in [7, 11) is 0. The molecule has 0 saturated carbocycles. The van der Waals surface area contributed by atoms with Gasteiger partial charge in [-0.15, -0.1) is 0 Å². The third-order valence-corrected chi connectivity index (χ3v) is 5.48. The van der Waals surface area contributed by atoms with Crippen molar-refractivity contribution < 1.29 is 14.3 Å². The van der Waals surface area contributed by atoms with E-state index in [-0.39, 0.29) is 11.8 Å². The smallest absolute Gasteiger partial charge is 0.223 e. The van der Waals surface area contributed by atoms with Crippen LogP contribution >= 0.6 is 0 Å². The first kappa shape index (κ1) is 19.8. The molecular formula is C21H31N3O3. The van der Waals surface area contributed by atoms with Gasteiger partial charge in [-0.2, -0.15) is 0 Å². The van der Waals surface area contributed by atoms with Gasteiger partial charge in [-0.25, -0.2) is 0 Å². The number of amides is 2. The molecule has 27 heavy (non-hydrogen) atoms. The van der Waals surface area contributed by atoms with Gasteiger partial charge in [0.1, 0.15) is 0 Å². The van der Waals surface area contributed by atoms with Crippen molar-refractivity contribution in [2.75, 3.05) is 59.0 Å². The number of carbonyl (C=O) groups excluding carboxylic acids is 2. The second-order valence-electron chi connectivity index (χ2n) is 7.45. The molecule has 0 atom stereocenters. The molecule has 0 aromatic heterocycles. The average Bonchev–Trinajstić information content (AvgIpc) is 2.72. The summed E-state index contributed by atoms with van der Waals surface area (Å²) in [6, 6.07) is 8.35. The zero-order chi connectivity index (χ0) is 19.1. The lowest BCUT2D eigenvalue weighted by Gasteiger charge is -2.35. The van der Waals surface area contributed by atoms with E-state index in [1.807, 2.05) is 9.80 Å². The van der Waals surface area contributed by atoms with Crippen molar-refractivity contribution >= 4 is 11.8 Å². The zero-order valence-corrected chi connectivity index (χ0v) is 16.4. The highest BCUT2D eigenvalue weighted by molar-refractivity contribution is 5.78. The number of morpholine rings is 1. The minimum Gasteiger partial charge on any atom is -0.379 e. The molecule has 0 radical (unpaired) electrons. The van der Waals surface area contributed by atoms with Crippen LogP contribution in [-0.2, 0) is 20.7 Å². The lowest BCUT2D eigenvalue weighted by Crippen LogP contribution is -2.51. The van der Waals surface area contributed by atoms with Crippen LogP contribution in [0.25, 0.3) is 0 Å². The molecule has 2 aliphatic rings. The van der Waals surface area contributed by atoms with E-state index in [0.717, 1.165) is 39.3 Å². The maximum absolute atomic E-state index is 12.5. The molecule has 2 amide bonds. The van der Waals surface area contributed by atoms with Gasteiger partial charge in [0.25, 0.3) is 0 Å². The Labute approximate surface area is 162 Å². The fourth-order valence-electron chi connectivity index (χ4n) is 3.61. The number of carbonyl (C=O) groups is 2. The van der Waals surface area contributed by atoms with Crippen LogP contribution in [0, 0.1) is 6.92 Å². The van der Waals surface area contributed by atoms with Gasteiger partial charge in [0.2, 0.25) is 11.8 Å². The Balaban J connectivity index is 1.35. The van der Waals surface area contributed by atoms with Gasteiger partial charge in [-0.3, -0.25) is 14.5 Å². The van der Waals surface area contributed by atoms with Gasteiger partial charge in [0.15, 0.2) is 0 Å². The lowest BCUT2D eigenvalue weighted by molar-refractivity contribution is -0.139. The van der Waals surface area contributed by atoms with Crippen LogP contribution < -0.4 is 0 Å². The van der Waals surface area contributed by atoms with Crippen molar-refractivity contribution in [3.05, 3.63) is 35.4 Å². The Kier molecular flexibility index (Phi) is 7.24. The summed E-state index contributed by atoms with van der Waals surface area (Å²) in [5.41, 5.74) is 2.44. The van der Waals surface area contributed by atoms with Crippen molar-refractivity contribution in [2.45, 2.75) is 26.2 Å². The summed E-state index contributed by atoms with van der Waals surface area (Å²) in [6.07, 6.45) is 1.87. The molecule has 2 aliphatic heterocycles. The molecule has 148 valence electrons. The van der Waals surface area contributed by atoms with Crippen LogP contribution in [0.5, 0.6) is 0 Å². The number of benzene rings is 1. The second-order valence-corrected chi connectivity index (χ2v) is 7.45. The number of rotatable bonds is 6. The average molecular weight is 373 g/mol. The predicted molar refractivity (Wildman–Crippen MR) is 105 cm³/mol. The second kappa shape index (κ2) is 9.85. The van der Waals surface area contributed by atoms with Gasteiger partial charge >= 0.3 is 0 Å². The normalized spacial score (nSPS) is 18.6. The molecular weight excluding hydrogens is 342 g/mol. The van der Waals surface area contributed by atoms with Crippen molar-refractivity contribution in [2.24, 2.45) is 0 Å². The number of hydrogen-bond acceptors (Lipinski definition) is 4. The first-order valence-electron chi connectivity index (χ1n) is 10.0. The highest BCUT2D eigenvalue weighted by Gasteiger charge is 2.24. The molecule has 0 unspecified atom stereocenters. The van der Waals surface area contributed by atoms with Crippen LogP contribution in [0.2, 0.25) is 0 Å². The minimum absolute atomic E-state index is 0.191. The highest BCUT2D eigenvalue weighted by atomic mass is 16.5. The highest BCUT2D eigenvalue weighted by Crippen LogP contribution is 2.10. The summed E-state index contributed by atoms with van der Waals surface area (Å²) < 4.78 is 5.34. The Bertz CT molecular complexity index is 618. The number of ether oxygens (including phenoxy) is 1. The maximum atomic E-state index is 12.5. The standard InChI is InChI=1S/C21H31N3O3/c1-18-2-4-19(5-3-18)6-7-20(25)23-10-12-24(13-11-23)21(26)8-9-22-14-16-27-17-15-22/h2-5H,6-17H2,1H3. The van der Waals surface area contributed by atoms with Crippen LogP contribution in [0.3, 0.4) is 0 Å². The van der Waals surface area contributed by atoms with Gasteiger partial charge in [-0.05, 0) is 18.9 Å². The van der Waals surface area contributed by atoms with E-state index in [9.17, 15) is 9.59 Å². The van der Waals surface area contributed by atoms with Crippen LogP contribution in [-0.4, -0.2) is 85.5 Å². The topological polar surface area (TPSA) is 53.1 Å². The van der Waals surface area contributed by atoms with Crippen molar-refractivity contribution in [1.82, 2.24) is 14.7 Å². The Morgan fingerprint density at radius 2 is 1.41 bits per heavy atom. The Morgan fingerprint density at radius 3 is 2.00 bits per heavy atom. The van der Waals surface area contributed by atoms with E-state index in [1.54, 1.807) is 0 Å². The van der Waals surface area contributed by atoms with E-state index < -0.39 is 0 Å². The van der Waals surface area contributed by atoms with Crippen molar-refractivity contribution in [3.8, 4) is 0 Å². The number of nitrogens with zero attached hydrogens (tertiary/aromatic N) is 3. The van der Waals surface area contributed by atoms with Gasteiger partial charge in [-0.1, -0.05) is 29.8 Å². The molecule has 0 spiro atoms. The van der Waals surface area contributed by atoms with Gasteiger partial charge in [0.05, 0.1) is 13.2 Å². The molecule has 2 fully saturated rings. The monoisotopic (exact) mass is 373 g/mol. The summed E-state index contributed by atoms with van der Waals surface area (Å²) in [6.45, 7) is 8.82. The molecule has 6 heteroatoms. The molecule has 0 aliphatic carbocycles. The molecule has 6 nitrogen and oxygen atoms in total. The SMILES string of the molecule is Cc1ccc(CCC(=O)N2CCN(C(=O)CCN3CCOCC3)CC2)cc1. The zero-order valence-electron chi connectivity index (χ0n) is 16.4. The number of aryl methyl sites for hydroxylation is 2. The van der Waals surface area contributed by atoms with Crippen molar-refractivity contribution in [3.63, 3.8) is 0 Å². The van der Waals surface area contributed by atoms with E-state index in [2.05, 4.69) is 36.1 Å². The first-order valence-corrected chi connectivity index (χ1v) is 10.0. The lowest BCUT2D eigenvalue weighted by atomic mass is 10.1. The third-order valence-electron chi connectivity index (χ3n) is 5.48. The van der Waals surface area contributed by atoms with Gasteiger partial charge in [0, 0.05) is 58.7 Å². The molecule has 1 aromatic rings. The minimum atomic E-state index is 0.191. The van der Waals surface area contributed by atoms with Gasteiger partial charge < -0.3 is 14.5 Å². The molecule has 2 heterocycles. The maximum Gasteiger partial charge on any atom is 0.223 e. The number of piperazine rings is 1. The molecule has 1 aromatic carbocycles. The van der Waals surface area contributed by atoms with Crippen LogP contribution in [0.4, 0.5) is 0 Å². The molecule has 2 saturated heterocycles. The summed E-state index contributed by atoms with van der Waals surface area (Å²) in [5.74, 6) is 0.393. The summed E-state index contributed by atoms with van der Waals surface area (Å²) in [4.78, 5) is 31.0. The third kappa shape index (κ3) is 6.04. The van der Waals surface area contributed by atoms with Crippen LogP contribution in [0.1, 0.15) is 24.0 Å².